The van der Waals surface area contributed by atoms with E-state index in [0.717, 1.165) is 70.7 Å². The summed E-state index contributed by atoms with van der Waals surface area (Å²) in [5.41, 5.74) is 8.73. The Morgan fingerprint density at radius 3 is 2.48 bits per heavy atom. The topological polar surface area (TPSA) is 94.2 Å². The van der Waals surface area contributed by atoms with Crippen molar-refractivity contribution in [3.05, 3.63) is 107 Å². The fraction of sp³-hybridized carbons (Fsp3) is 0.222. The van der Waals surface area contributed by atoms with Crippen LogP contribution in [0.2, 0.25) is 0 Å². The molecule has 9 nitrogen and oxygen atoms in total. The van der Waals surface area contributed by atoms with Gasteiger partial charge in [-0.15, -0.1) is 11.3 Å². The zero-order valence-electron chi connectivity index (χ0n) is 25.5. The number of carbonyl (C=O) groups excluding carboxylic acids is 1. The lowest BCUT2D eigenvalue weighted by Crippen LogP contribution is -2.36. The molecule has 2 aliphatic rings. The normalized spacial score (nSPS) is 13.9. The van der Waals surface area contributed by atoms with Gasteiger partial charge >= 0.3 is 0 Å². The molecule has 4 aromatic carbocycles. The molecule has 0 unspecified atom stereocenters. The van der Waals surface area contributed by atoms with Crippen LogP contribution in [0.25, 0.3) is 11.1 Å². The third-order valence-electron chi connectivity index (χ3n) is 8.05. The van der Waals surface area contributed by atoms with Crippen LogP contribution in [0, 0.1) is 0 Å². The predicted molar refractivity (Wildman–Crippen MR) is 181 cm³/mol. The number of hydrogen-bond acceptors (Lipinski definition) is 9. The number of morpholine rings is 1. The fourth-order valence-corrected chi connectivity index (χ4v) is 6.09. The number of ether oxygens (including phenoxy) is 4. The lowest BCUT2D eigenvalue weighted by molar-refractivity contribution is 0.102. The molecule has 0 radical (unpaired) electrons. The number of hydrogen-bond donors (Lipinski definition) is 2. The summed E-state index contributed by atoms with van der Waals surface area (Å²) in [5.74, 6) is 2.04. The number of fused-ring (bicyclic) bond motifs is 2. The van der Waals surface area contributed by atoms with Gasteiger partial charge in [-0.2, -0.15) is 0 Å². The standard InChI is InChI=1S/C36H34N4O5S/c1-42-29-17-26(18-30(20-29)45-22-31-21-37-23-46-31)25-3-8-32-34(19-25)38-33-9-2-24(16-35(33)39-36(32)41)10-13-44-28-6-4-27(5-7-28)40-11-14-43-15-12-40/h2-9,16-21,23,38H,10-15,22H2,1H3,(H,39,41). The number of methoxy groups -OCH3 is 1. The summed E-state index contributed by atoms with van der Waals surface area (Å²) in [4.78, 5) is 20.8. The smallest absolute Gasteiger partial charge is 0.257 e. The molecule has 0 atom stereocenters. The number of anilines is 4. The Morgan fingerprint density at radius 2 is 1.67 bits per heavy atom. The van der Waals surface area contributed by atoms with Gasteiger partial charge < -0.3 is 34.5 Å². The molecular weight excluding hydrogens is 600 g/mol. The first-order valence-corrected chi connectivity index (χ1v) is 16.1. The number of carbonyl (C=O) groups is 1. The van der Waals surface area contributed by atoms with Gasteiger partial charge in [0.05, 0.1) is 59.9 Å². The van der Waals surface area contributed by atoms with Crippen LogP contribution in [0.15, 0.2) is 90.6 Å². The SMILES string of the molecule is COc1cc(OCc2cncs2)cc(-c2ccc3c(c2)Nc2ccc(CCOc4ccc(N5CCOCC5)cc4)cc2NC3=O)c1. The van der Waals surface area contributed by atoms with E-state index in [1.54, 1.807) is 30.2 Å². The summed E-state index contributed by atoms with van der Waals surface area (Å²) in [7, 11) is 1.64. The minimum Gasteiger partial charge on any atom is -0.497 e. The molecule has 2 N–H and O–H groups in total. The molecule has 10 heteroatoms. The molecule has 1 aromatic heterocycles. The largest absolute Gasteiger partial charge is 0.497 e. The number of amides is 1. The van der Waals surface area contributed by atoms with Crippen LogP contribution < -0.4 is 29.7 Å². The van der Waals surface area contributed by atoms with Gasteiger partial charge in [0.25, 0.3) is 5.91 Å². The molecule has 0 bridgehead atoms. The maximum absolute atomic E-state index is 13.3. The summed E-state index contributed by atoms with van der Waals surface area (Å²) in [6, 6.07) is 25.8. The second-order valence-electron chi connectivity index (χ2n) is 11.1. The average molecular weight is 635 g/mol. The summed E-state index contributed by atoms with van der Waals surface area (Å²) in [6.45, 7) is 4.29. The van der Waals surface area contributed by atoms with Crippen molar-refractivity contribution in [2.24, 2.45) is 0 Å². The number of benzene rings is 4. The Bertz CT molecular complexity index is 1820. The van der Waals surface area contributed by atoms with Crippen molar-refractivity contribution < 1.29 is 23.7 Å². The summed E-state index contributed by atoms with van der Waals surface area (Å²) in [5, 5.41) is 6.56. The van der Waals surface area contributed by atoms with E-state index in [-0.39, 0.29) is 5.91 Å². The number of nitrogens with one attached hydrogen (secondary N) is 2. The molecule has 234 valence electrons. The quantitative estimate of drug-likeness (QED) is 0.167. The van der Waals surface area contributed by atoms with Gasteiger partial charge in [-0.3, -0.25) is 9.78 Å². The highest BCUT2D eigenvalue weighted by atomic mass is 32.1. The molecule has 1 saturated heterocycles. The summed E-state index contributed by atoms with van der Waals surface area (Å²) in [6.07, 6.45) is 2.50. The van der Waals surface area contributed by atoms with Crippen LogP contribution in [0.5, 0.6) is 17.2 Å². The van der Waals surface area contributed by atoms with Gasteiger partial charge in [0.2, 0.25) is 0 Å². The molecular formula is C36H34N4O5S. The van der Waals surface area contributed by atoms with E-state index < -0.39 is 0 Å². The molecule has 46 heavy (non-hydrogen) atoms. The van der Waals surface area contributed by atoms with Gasteiger partial charge in [-0.05, 0) is 77.4 Å². The van der Waals surface area contributed by atoms with Crippen LogP contribution in [0.4, 0.5) is 22.7 Å². The van der Waals surface area contributed by atoms with Crippen molar-refractivity contribution in [2.45, 2.75) is 13.0 Å². The lowest BCUT2D eigenvalue weighted by atomic mass is 10.0. The molecule has 2 aliphatic heterocycles. The van der Waals surface area contributed by atoms with Crippen LogP contribution in [0.3, 0.4) is 0 Å². The first kappa shape index (κ1) is 29.6. The van der Waals surface area contributed by atoms with E-state index in [2.05, 4.69) is 38.7 Å². The van der Waals surface area contributed by atoms with Gasteiger partial charge in [0, 0.05) is 37.5 Å². The van der Waals surface area contributed by atoms with E-state index in [4.69, 9.17) is 18.9 Å². The van der Waals surface area contributed by atoms with Crippen LogP contribution >= 0.6 is 11.3 Å². The lowest BCUT2D eigenvalue weighted by Gasteiger charge is -2.28. The average Bonchev–Trinajstić information content (AvgIpc) is 3.58. The Hall–Kier alpha value is -5.06. The summed E-state index contributed by atoms with van der Waals surface area (Å²) < 4.78 is 23.1. The first-order chi connectivity index (χ1) is 22.6. The third-order valence-corrected chi connectivity index (χ3v) is 8.80. The van der Waals surface area contributed by atoms with E-state index in [1.165, 1.54) is 5.69 Å². The van der Waals surface area contributed by atoms with Crippen molar-refractivity contribution in [2.75, 3.05) is 55.6 Å². The first-order valence-electron chi connectivity index (χ1n) is 15.2. The Balaban J connectivity index is 1.03. The Kier molecular flexibility index (Phi) is 8.71. The molecule has 1 amide bonds. The van der Waals surface area contributed by atoms with Crippen molar-refractivity contribution in [1.29, 1.82) is 0 Å². The van der Waals surface area contributed by atoms with Crippen molar-refractivity contribution in [1.82, 2.24) is 4.98 Å². The zero-order valence-corrected chi connectivity index (χ0v) is 26.3. The van der Waals surface area contributed by atoms with E-state index >= 15 is 0 Å². The predicted octanol–water partition coefficient (Wildman–Crippen LogP) is 7.17. The molecule has 7 rings (SSSR count). The number of aromatic nitrogens is 1. The third kappa shape index (κ3) is 6.78. The second kappa shape index (κ2) is 13.5. The van der Waals surface area contributed by atoms with Crippen molar-refractivity contribution in [3.63, 3.8) is 0 Å². The van der Waals surface area contributed by atoms with E-state index in [9.17, 15) is 4.79 Å². The van der Waals surface area contributed by atoms with Gasteiger partial charge in [-0.25, -0.2) is 0 Å². The minimum atomic E-state index is -0.166. The monoisotopic (exact) mass is 634 g/mol. The van der Waals surface area contributed by atoms with Gasteiger partial charge in [-0.1, -0.05) is 12.1 Å². The molecule has 0 aliphatic carbocycles. The molecule has 5 aromatic rings. The maximum Gasteiger partial charge on any atom is 0.257 e. The summed E-state index contributed by atoms with van der Waals surface area (Å²) >= 11 is 1.55. The highest BCUT2D eigenvalue weighted by molar-refractivity contribution is 7.09. The van der Waals surface area contributed by atoms with Gasteiger partial charge in [0.15, 0.2) is 0 Å². The molecule has 1 fully saturated rings. The van der Waals surface area contributed by atoms with Crippen LogP contribution in [0.1, 0.15) is 20.8 Å². The molecule has 0 spiro atoms. The highest BCUT2D eigenvalue weighted by Crippen LogP contribution is 2.37. The Morgan fingerprint density at radius 1 is 0.826 bits per heavy atom. The highest BCUT2D eigenvalue weighted by Gasteiger charge is 2.20. The number of nitrogens with zero attached hydrogens (tertiary/aromatic N) is 2. The number of thiazole rings is 1. The van der Waals surface area contributed by atoms with Crippen LogP contribution in [-0.2, 0) is 17.8 Å². The van der Waals surface area contributed by atoms with Crippen molar-refractivity contribution in [3.8, 4) is 28.4 Å². The zero-order chi connectivity index (χ0) is 31.3. The minimum absolute atomic E-state index is 0.166. The second-order valence-corrected chi connectivity index (χ2v) is 12.0. The fourth-order valence-electron chi connectivity index (χ4n) is 5.59. The Labute approximate surface area is 271 Å². The maximum atomic E-state index is 13.3. The number of rotatable bonds is 10. The van der Waals surface area contributed by atoms with Crippen LogP contribution in [-0.4, -0.2) is 50.9 Å². The van der Waals surface area contributed by atoms with E-state index in [0.29, 0.717) is 36.7 Å². The molecule has 3 heterocycles. The van der Waals surface area contributed by atoms with Gasteiger partial charge in [0.1, 0.15) is 23.9 Å². The van der Waals surface area contributed by atoms with E-state index in [1.807, 2.05) is 60.7 Å². The van der Waals surface area contributed by atoms with Crippen molar-refractivity contribution >= 4 is 40.0 Å². The molecule has 0 saturated carbocycles.